The molecule has 0 spiro atoms. The van der Waals surface area contributed by atoms with E-state index < -0.39 is 10.6 Å². The molecule has 2 aromatic rings. The molecule has 0 unspecified atom stereocenters. The number of benzene rings is 2. The largest absolute Gasteiger partial charge is 0.486 e. The summed E-state index contributed by atoms with van der Waals surface area (Å²) >= 11 is 0. The SMILES string of the molecule is C[C@]12C[C@@H](NC(=O)N1c1ccc3c(c1)OCCO3)c1cc([N+](=O)[O-])ccc1O2. The van der Waals surface area contributed by atoms with Gasteiger partial charge in [-0.2, -0.15) is 0 Å². The third-order valence-electron chi connectivity index (χ3n) is 5.25. The number of nitrogens with zero attached hydrogens (tertiary/aromatic N) is 2. The zero-order valence-electron chi connectivity index (χ0n) is 15.0. The molecule has 1 saturated heterocycles. The first kappa shape index (κ1) is 16.7. The first-order valence-electron chi connectivity index (χ1n) is 8.92. The number of ether oxygens (including phenoxy) is 3. The molecular formula is C19H17N3O6. The minimum atomic E-state index is -0.945. The second-order valence-electron chi connectivity index (χ2n) is 7.13. The van der Waals surface area contributed by atoms with Crippen molar-refractivity contribution in [2.75, 3.05) is 18.1 Å². The van der Waals surface area contributed by atoms with Gasteiger partial charge in [0.05, 0.1) is 16.7 Å². The van der Waals surface area contributed by atoms with Gasteiger partial charge < -0.3 is 19.5 Å². The number of nitrogens with one attached hydrogen (secondary N) is 1. The fraction of sp³-hybridized carbons (Fsp3) is 0.316. The molecule has 144 valence electrons. The predicted octanol–water partition coefficient (Wildman–Crippen LogP) is 3.14. The first-order chi connectivity index (χ1) is 13.4. The summed E-state index contributed by atoms with van der Waals surface area (Å²) in [5, 5.41) is 14.0. The van der Waals surface area contributed by atoms with E-state index in [-0.39, 0.29) is 17.8 Å². The number of rotatable bonds is 2. The van der Waals surface area contributed by atoms with E-state index in [1.54, 1.807) is 29.2 Å². The van der Waals surface area contributed by atoms with E-state index in [2.05, 4.69) is 5.32 Å². The lowest BCUT2D eigenvalue weighted by Crippen LogP contribution is -2.65. The molecule has 0 radical (unpaired) electrons. The Labute approximate surface area is 159 Å². The molecule has 0 saturated carbocycles. The van der Waals surface area contributed by atoms with Crippen LogP contribution < -0.4 is 24.4 Å². The summed E-state index contributed by atoms with van der Waals surface area (Å²) < 4.78 is 17.4. The molecule has 2 bridgehead atoms. The topological polar surface area (TPSA) is 103 Å². The number of hydrogen-bond acceptors (Lipinski definition) is 6. The molecule has 2 aromatic carbocycles. The minimum Gasteiger partial charge on any atom is -0.486 e. The van der Waals surface area contributed by atoms with Crippen molar-refractivity contribution in [3.8, 4) is 17.2 Å². The Morgan fingerprint density at radius 3 is 2.68 bits per heavy atom. The lowest BCUT2D eigenvalue weighted by Gasteiger charge is -2.50. The van der Waals surface area contributed by atoms with Crippen LogP contribution in [-0.4, -0.2) is 29.9 Å². The van der Waals surface area contributed by atoms with Crippen molar-refractivity contribution in [1.82, 2.24) is 5.32 Å². The number of hydrogen-bond donors (Lipinski definition) is 1. The molecule has 2 atom stereocenters. The maximum atomic E-state index is 12.9. The summed E-state index contributed by atoms with van der Waals surface area (Å²) in [6.45, 7) is 2.77. The summed E-state index contributed by atoms with van der Waals surface area (Å²) in [7, 11) is 0. The van der Waals surface area contributed by atoms with Gasteiger partial charge in [-0.05, 0) is 25.1 Å². The molecule has 5 rings (SSSR count). The van der Waals surface area contributed by atoms with E-state index in [1.165, 1.54) is 12.1 Å². The number of non-ortho nitro benzene ring substituents is 1. The molecule has 3 aliphatic heterocycles. The molecule has 0 aromatic heterocycles. The zero-order valence-corrected chi connectivity index (χ0v) is 15.0. The van der Waals surface area contributed by atoms with Crippen LogP contribution in [0.25, 0.3) is 0 Å². The van der Waals surface area contributed by atoms with Crippen molar-refractivity contribution >= 4 is 17.4 Å². The standard InChI is InChI=1S/C19H17N3O6/c1-19-10-14(13-8-12(22(24)25)3-4-15(13)28-19)20-18(23)21(19)11-2-5-16-17(9-11)27-7-6-26-16/h2-5,8-9,14H,6-7,10H2,1H3,(H,20,23)/t14-,19+/m1/s1. The van der Waals surface area contributed by atoms with Crippen LogP contribution in [0, 0.1) is 10.1 Å². The minimum absolute atomic E-state index is 0.0329. The van der Waals surface area contributed by atoms with Crippen molar-refractivity contribution in [2.45, 2.75) is 25.1 Å². The van der Waals surface area contributed by atoms with Crippen molar-refractivity contribution < 1.29 is 23.9 Å². The molecule has 3 aliphatic rings. The van der Waals surface area contributed by atoms with Gasteiger partial charge in [-0.3, -0.25) is 15.0 Å². The molecule has 1 fully saturated rings. The highest BCUT2D eigenvalue weighted by molar-refractivity contribution is 5.95. The number of nitro benzene ring substituents is 1. The van der Waals surface area contributed by atoms with Gasteiger partial charge in [0.2, 0.25) is 0 Å². The maximum absolute atomic E-state index is 12.9. The Kier molecular flexibility index (Phi) is 3.42. The van der Waals surface area contributed by atoms with Gasteiger partial charge in [0.25, 0.3) is 5.69 Å². The number of nitro groups is 1. The fourth-order valence-electron chi connectivity index (χ4n) is 4.04. The van der Waals surface area contributed by atoms with E-state index in [4.69, 9.17) is 14.2 Å². The Balaban J connectivity index is 1.55. The molecule has 3 heterocycles. The summed E-state index contributed by atoms with van der Waals surface area (Å²) in [5.41, 5.74) is 0.254. The van der Waals surface area contributed by atoms with Gasteiger partial charge in [-0.1, -0.05) is 0 Å². The number of amides is 2. The highest BCUT2D eigenvalue weighted by Gasteiger charge is 2.50. The zero-order chi connectivity index (χ0) is 19.5. The molecule has 2 amide bonds. The number of fused-ring (bicyclic) bond motifs is 5. The number of anilines is 1. The maximum Gasteiger partial charge on any atom is 0.325 e. The Hall–Kier alpha value is -3.49. The van der Waals surface area contributed by atoms with Crippen molar-refractivity contribution in [3.05, 3.63) is 52.1 Å². The Bertz CT molecular complexity index is 1010. The number of urea groups is 1. The van der Waals surface area contributed by atoms with Gasteiger partial charge >= 0.3 is 6.03 Å². The van der Waals surface area contributed by atoms with E-state index in [0.29, 0.717) is 48.1 Å². The molecule has 0 aliphatic carbocycles. The average Bonchev–Trinajstić information content (AvgIpc) is 2.67. The number of carbonyl (C=O) groups excluding carboxylic acids is 1. The van der Waals surface area contributed by atoms with Crippen LogP contribution in [0.15, 0.2) is 36.4 Å². The van der Waals surface area contributed by atoms with E-state index >= 15 is 0 Å². The van der Waals surface area contributed by atoms with Crippen LogP contribution in [0.4, 0.5) is 16.2 Å². The Morgan fingerprint density at radius 2 is 1.89 bits per heavy atom. The third-order valence-corrected chi connectivity index (χ3v) is 5.25. The van der Waals surface area contributed by atoms with Crippen LogP contribution in [0.1, 0.15) is 24.9 Å². The molecular weight excluding hydrogens is 366 g/mol. The van der Waals surface area contributed by atoms with Crippen LogP contribution in [-0.2, 0) is 0 Å². The third kappa shape index (κ3) is 2.43. The van der Waals surface area contributed by atoms with Crippen LogP contribution in [0.5, 0.6) is 17.2 Å². The second-order valence-corrected chi connectivity index (χ2v) is 7.13. The number of carbonyl (C=O) groups is 1. The molecule has 9 nitrogen and oxygen atoms in total. The van der Waals surface area contributed by atoms with E-state index in [0.717, 1.165) is 0 Å². The smallest absolute Gasteiger partial charge is 0.325 e. The van der Waals surface area contributed by atoms with Crippen LogP contribution in [0.3, 0.4) is 0 Å². The summed E-state index contributed by atoms with van der Waals surface area (Å²) in [6, 6.07) is 9.05. The van der Waals surface area contributed by atoms with Crippen molar-refractivity contribution in [1.29, 1.82) is 0 Å². The van der Waals surface area contributed by atoms with Gasteiger partial charge in [0.15, 0.2) is 17.2 Å². The normalized spacial score (nSPS) is 24.7. The van der Waals surface area contributed by atoms with Crippen LogP contribution in [0.2, 0.25) is 0 Å². The van der Waals surface area contributed by atoms with Gasteiger partial charge in [0, 0.05) is 30.2 Å². The lowest BCUT2D eigenvalue weighted by molar-refractivity contribution is -0.385. The monoisotopic (exact) mass is 383 g/mol. The van der Waals surface area contributed by atoms with Crippen molar-refractivity contribution in [2.24, 2.45) is 0 Å². The fourth-order valence-corrected chi connectivity index (χ4v) is 4.04. The van der Waals surface area contributed by atoms with Gasteiger partial charge in [0.1, 0.15) is 19.0 Å². The van der Waals surface area contributed by atoms with E-state index in [9.17, 15) is 14.9 Å². The lowest BCUT2D eigenvalue weighted by atomic mass is 9.90. The summed E-state index contributed by atoms with van der Waals surface area (Å²) in [4.78, 5) is 25.1. The Morgan fingerprint density at radius 1 is 1.14 bits per heavy atom. The molecule has 1 N–H and O–H groups in total. The van der Waals surface area contributed by atoms with Crippen LogP contribution >= 0.6 is 0 Å². The molecule has 9 heteroatoms. The molecule has 28 heavy (non-hydrogen) atoms. The van der Waals surface area contributed by atoms with Gasteiger partial charge in [-0.15, -0.1) is 0 Å². The second kappa shape index (κ2) is 5.75. The average molecular weight is 383 g/mol. The van der Waals surface area contributed by atoms with Crippen molar-refractivity contribution in [3.63, 3.8) is 0 Å². The highest BCUT2D eigenvalue weighted by Crippen LogP contribution is 2.47. The van der Waals surface area contributed by atoms with E-state index in [1.807, 2.05) is 6.92 Å². The first-order valence-corrected chi connectivity index (χ1v) is 8.92. The quantitative estimate of drug-likeness (QED) is 0.631. The summed E-state index contributed by atoms with van der Waals surface area (Å²) in [5.74, 6) is 1.73. The highest BCUT2D eigenvalue weighted by atomic mass is 16.6. The van der Waals surface area contributed by atoms with Gasteiger partial charge in [-0.25, -0.2) is 4.79 Å². The summed E-state index contributed by atoms with van der Waals surface area (Å²) in [6.07, 6.45) is 0.446. The predicted molar refractivity (Wildman–Crippen MR) is 97.9 cm³/mol.